The van der Waals surface area contributed by atoms with Crippen molar-refractivity contribution in [2.75, 3.05) is 67.8 Å². The fraction of sp³-hybridized carbons (Fsp3) is 0.778. The molecule has 0 unspecified atom stereocenters. The molecule has 1 N–H and O–H groups in total. The Kier molecular flexibility index (Phi) is 36.2. The van der Waals surface area contributed by atoms with Crippen molar-refractivity contribution in [3.63, 3.8) is 0 Å². The Morgan fingerprint density at radius 3 is 1.56 bits per heavy atom. The number of unbranched alkanes of at least 4 members (excludes halogenated alkanes) is 16. The molecular weight excluding hydrogens is 845 g/mol. The Balaban J connectivity index is 0.0000314. The number of hydrogen-bond donors (Lipinski definition) is 1. The molecule has 0 bridgehead atoms. The van der Waals surface area contributed by atoms with E-state index in [9.17, 15) is 14.4 Å². The second-order valence-corrected chi connectivity index (χ2v) is 15.4. The Labute approximate surface area is 405 Å². The molecular formula is C45H79CsN2O9. The van der Waals surface area contributed by atoms with E-state index in [1.807, 2.05) is 25.5 Å². The standard InChI is InChI=1S/C45H79N2O9.Cs/c1-8-11-14-17-20-23-26-29-46-34-45(35-54-41(48)27-24-21-18-15-12-9-2,36-55-42(49)28-25-22-19-16-13-10-3)37-56-43-39(51-6)32-38(33-40(43)52-7)44(50)53-31-30-47(4)5;/h29,32-33,46H,8-28,30-31,34-37H2,1-7H3;/q-1;+1. The van der Waals surface area contributed by atoms with Crippen LogP contribution < -0.4 is 88.4 Å². The van der Waals surface area contributed by atoms with Gasteiger partial charge < -0.3 is 38.6 Å². The van der Waals surface area contributed by atoms with Crippen LogP contribution in [0.4, 0.5) is 0 Å². The third-order valence-electron chi connectivity index (χ3n) is 9.86. The van der Waals surface area contributed by atoms with E-state index in [4.69, 9.17) is 28.4 Å². The van der Waals surface area contributed by atoms with E-state index < -0.39 is 11.4 Å². The minimum atomic E-state index is -0.953. The van der Waals surface area contributed by atoms with Crippen LogP contribution in [-0.2, 0) is 23.8 Å². The van der Waals surface area contributed by atoms with Gasteiger partial charge in [0.15, 0.2) is 11.5 Å². The molecule has 11 nitrogen and oxygen atoms in total. The van der Waals surface area contributed by atoms with Gasteiger partial charge in [-0.2, -0.15) is 6.42 Å². The number of carbonyl (C=O) groups is 3. The second-order valence-electron chi connectivity index (χ2n) is 15.4. The zero-order valence-electron chi connectivity index (χ0n) is 37.4. The molecule has 0 radical (unpaired) electrons. The average Bonchev–Trinajstić information content (AvgIpc) is 3.19. The summed E-state index contributed by atoms with van der Waals surface area (Å²) in [6.07, 6.45) is 21.5. The number of esters is 3. The number of methoxy groups -OCH3 is 2. The third-order valence-corrected chi connectivity index (χ3v) is 9.86. The van der Waals surface area contributed by atoms with Gasteiger partial charge in [-0.1, -0.05) is 124 Å². The molecule has 0 aliphatic rings. The maximum absolute atomic E-state index is 13.1. The SMILES string of the molecule is CCCCCCCC[CH-]NCC(COC(=O)CCCCCCCC)(COC(=O)CCCCCCCC)COc1c(OC)cc(C(=O)OCCN(C)C)cc1OC.[Cs+]. The Hall–Kier alpha value is -0.998. The summed E-state index contributed by atoms with van der Waals surface area (Å²) in [6, 6.07) is 3.12. The minimum Gasteiger partial charge on any atom is -0.493 e. The largest absolute Gasteiger partial charge is 1.00 e. The van der Waals surface area contributed by atoms with Gasteiger partial charge in [0.1, 0.15) is 26.4 Å². The van der Waals surface area contributed by atoms with E-state index in [2.05, 4.69) is 26.1 Å². The van der Waals surface area contributed by atoms with Gasteiger partial charge >= 0.3 is 86.8 Å². The van der Waals surface area contributed by atoms with Gasteiger partial charge in [-0.3, -0.25) is 16.1 Å². The Morgan fingerprint density at radius 1 is 0.649 bits per heavy atom. The van der Waals surface area contributed by atoms with Gasteiger partial charge in [-0.05, 0) is 45.6 Å². The fourth-order valence-corrected chi connectivity index (χ4v) is 6.18. The van der Waals surface area contributed by atoms with Crippen molar-refractivity contribution in [3.05, 3.63) is 24.2 Å². The minimum absolute atomic E-state index is 0. The van der Waals surface area contributed by atoms with Crippen molar-refractivity contribution < 1.29 is 112 Å². The van der Waals surface area contributed by atoms with E-state index >= 15 is 0 Å². The summed E-state index contributed by atoms with van der Waals surface area (Å²) >= 11 is 0. The first kappa shape index (κ1) is 56.0. The van der Waals surface area contributed by atoms with Crippen molar-refractivity contribution >= 4 is 17.9 Å². The zero-order chi connectivity index (χ0) is 41.3. The molecule has 0 saturated carbocycles. The van der Waals surface area contributed by atoms with Gasteiger partial charge in [0, 0.05) is 19.4 Å². The maximum Gasteiger partial charge on any atom is 1.00 e. The van der Waals surface area contributed by atoms with E-state index in [-0.39, 0.29) is 130 Å². The summed E-state index contributed by atoms with van der Waals surface area (Å²) in [5, 5.41) is 3.45. The van der Waals surface area contributed by atoms with Crippen LogP contribution in [0.15, 0.2) is 12.1 Å². The summed E-state index contributed by atoms with van der Waals surface area (Å²) in [5.74, 6) is -0.250. The van der Waals surface area contributed by atoms with Crippen LogP contribution >= 0.6 is 0 Å². The van der Waals surface area contributed by atoms with Crippen LogP contribution in [0.3, 0.4) is 0 Å². The number of likely N-dealkylation sites (N-methyl/N-ethyl adjacent to an activating group) is 1. The summed E-state index contributed by atoms with van der Waals surface area (Å²) in [6.45, 7) is 9.74. The molecule has 0 atom stereocenters. The van der Waals surface area contributed by atoms with Crippen molar-refractivity contribution in [2.24, 2.45) is 5.41 Å². The Morgan fingerprint density at radius 2 is 1.11 bits per heavy atom. The van der Waals surface area contributed by atoms with Crippen molar-refractivity contribution in [1.29, 1.82) is 0 Å². The zero-order valence-corrected chi connectivity index (χ0v) is 43.7. The molecule has 0 aliphatic carbocycles. The molecule has 0 heterocycles. The van der Waals surface area contributed by atoms with Gasteiger partial charge in [0.05, 0.1) is 25.2 Å². The van der Waals surface area contributed by atoms with Crippen LogP contribution in [0.1, 0.15) is 166 Å². The number of hydrogen-bond acceptors (Lipinski definition) is 11. The van der Waals surface area contributed by atoms with Crippen LogP contribution in [0.5, 0.6) is 17.2 Å². The van der Waals surface area contributed by atoms with Crippen LogP contribution in [0.2, 0.25) is 0 Å². The molecule has 0 fully saturated rings. The monoisotopic (exact) mass is 924 g/mol. The molecule has 1 aromatic carbocycles. The first-order chi connectivity index (χ1) is 27.1. The molecule has 0 saturated heterocycles. The summed E-state index contributed by atoms with van der Waals surface area (Å²) in [4.78, 5) is 41.0. The van der Waals surface area contributed by atoms with Crippen LogP contribution in [0, 0.1) is 12.0 Å². The number of carbonyl (C=O) groups excluding carboxylic acids is 3. The quantitative estimate of drug-likeness (QED) is 0.0326. The van der Waals surface area contributed by atoms with Crippen molar-refractivity contribution in [3.8, 4) is 17.2 Å². The van der Waals surface area contributed by atoms with E-state index in [1.165, 1.54) is 78.4 Å². The molecule has 0 amide bonds. The topological polar surface area (TPSA) is 122 Å². The van der Waals surface area contributed by atoms with Gasteiger partial charge in [-0.25, -0.2) is 4.79 Å². The number of benzene rings is 1. The summed E-state index contributed by atoms with van der Waals surface area (Å²) in [5.41, 5.74) is -0.695. The van der Waals surface area contributed by atoms with Crippen LogP contribution in [0.25, 0.3) is 0 Å². The molecule has 57 heavy (non-hydrogen) atoms. The number of nitrogens with zero attached hydrogens (tertiary/aromatic N) is 1. The first-order valence-corrected chi connectivity index (χ1v) is 21.7. The third kappa shape index (κ3) is 27.5. The predicted molar refractivity (Wildman–Crippen MR) is 225 cm³/mol. The smallest absolute Gasteiger partial charge is 0.493 e. The first-order valence-electron chi connectivity index (χ1n) is 21.7. The molecule has 324 valence electrons. The molecule has 1 rings (SSSR count). The van der Waals surface area contributed by atoms with Gasteiger partial charge in [0.25, 0.3) is 0 Å². The van der Waals surface area contributed by atoms with Crippen molar-refractivity contribution in [1.82, 2.24) is 10.2 Å². The average molecular weight is 925 g/mol. The number of rotatable bonds is 37. The molecule has 12 heteroatoms. The second kappa shape index (κ2) is 36.8. The number of nitrogens with one attached hydrogen (secondary N) is 1. The molecule has 0 spiro atoms. The normalized spacial score (nSPS) is 11.2. The molecule has 1 aromatic rings. The number of ether oxygens (including phenoxy) is 6. The predicted octanol–water partition coefficient (Wildman–Crippen LogP) is 6.88. The van der Waals surface area contributed by atoms with Gasteiger partial charge in [-0.15, -0.1) is 0 Å². The maximum atomic E-state index is 13.1. The van der Waals surface area contributed by atoms with Gasteiger partial charge in [0.2, 0.25) is 5.75 Å². The molecule has 0 aliphatic heterocycles. The van der Waals surface area contributed by atoms with Crippen LogP contribution in [-0.4, -0.2) is 90.6 Å². The van der Waals surface area contributed by atoms with E-state index in [0.29, 0.717) is 25.9 Å². The van der Waals surface area contributed by atoms with Crippen molar-refractivity contribution in [2.45, 2.75) is 156 Å². The molecule has 0 aromatic heterocycles. The summed E-state index contributed by atoms with van der Waals surface area (Å²) < 4.78 is 35.2. The van der Waals surface area contributed by atoms with E-state index in [1.54, 1.807) is 12.1 Å². The van der Waals surface area contributed by atoms with E-state index in [0.717, 1.165) is 57.8 Å². The fourth-order valence-electron chi connectivity index (χ4n) is 6.18. The Bertz CT molecular complexity index is 1130. The summed E-state index contributed by atoms with van der Waals surface area (Å²) in [7, 11) is 6.79.